The fourth-order valence-corrected chi connectivity index (χ4v) is 2.86. The van der Waals surface area contributed by atoms with E-state index >= 15 is 0 Å². The van der Waals surface area contributed by atoms with Gasteiger partial charge in [-0.25, -0.2) is 0 Å². The number of rotatable bonds is 3. The van der Waals surface area contributed by atoms with Gasteiger partial charge in [-0.05, 0) is 60.7 Å². The van der Waals surface area contributed by atoms with Crippen molar-refractivity contribution >= 4 is 21.8 Å². The first kappa shape index (κ1) is 13.6. The van der Waals surface area contributed by atoms with Crippen molar-refractivity contribution in [3.05, 3.63) is 22.6 Å². The van der Waals surface area contributed by atoms with Gasteiger partial charge < -0.3 is 15.1 Å². The Bertz CT molecular complexity index is 411. The van der Waals surface area contributed by atoms with E-state index in [1.807, 2.05) is 11.8 Å². The van der Waals surface area contributed by atoms with E-state index in [2.05, 4.69) is 15.9 Å². The van der Waals surface area contributed by atoms with Crippen molar-refractivity contribution in [3.8, 4) is 0 Å². The first-order valence-electron chi connectivity index (χ1n) is 6.43. The third-order valence-corrected chi connectivity index (χ3v) is 3.99. The first-order valence-corrected chi connectivity index (χ1v) is 7.23. The summed E-state index contributed by atoms with van der Waals surface area (Å²) in [4.78, 5) is 14.3. The summed E-state index contributed by atoms with van der Waals surface area (Å²) >= 11 is 3.22. The van der Waals surface area contributed by atoms with Crippen molar-refractivity contribution in [2.75, 3.05) is 6.54 Å². The molecule has 5 heteroatoms. The highest BCUT2D eigenvalue weighted by molar-refractivity contribution is 9.10. The lowest BCUT2D eigenvalue weighted by Crippen LogP contribution is -2.44. The molecule has 0 saturated heterocycles. The number of halogens is 1. The van der Waals surface area contributed by atoms with Gasteiger partial charge in [0.25, 0.3) is 5.91 Å². The van der Waals surface area contributed by atoms with Crippen LogP contribution in [0.5, 0.6) is 0 Å². The van der Waals surface area contributed by atoms with Crippen molar-refractivity contribution in [3.63, 3.8) is 0 Å². The van der Waals surface area contributed by atoms with Gasteiger partial charge in [0.1, 0.15) is 0 Å². The van der Waals surface area contributed by atoms with Gasteiger partial charge in [0.15, 0.2) is 10.4 Å². The number of carbonyl (C=O) groups excluding carboxylic acids is 1. The molecule has 1 heterocycles. The largest absolute Gasteiger partial charge is 0.444 e. The highest BCUT2D eigenvalue weighted by Gasteiger charge is 2.28. The van der Waals surface area contributed by atoms with Gasteiger partial charge in [0.05, 0.1) is 0 Å². The molecule has 1 saturated carbocycles. The van der Waals surface area contributed by atoms with E-state index in [0.717, 1.165) is 25.7 Å². The fraction of sp³-hybridized carbons (Fsp3) is 0.615. The lowest BCUT2D eigenvalue weighted by Gasteiger charge is -2.35. The van der Waals surface area contributed by atoms with Crippen LogP contribution in [-0.4, -0.2) is 29.4 Å². The molecule has 4 nitrogen and oxygen atoms in total. The van der Waals surface area contributed by atoms with Crippen LogP contribution < -0.4 is 5.73 Å². The van der Waals surface area contributed by atoms with Crippen molar-refractivity contribution in [1.29, 1.82) is 0 Å². The molecule has 1 aromatic heterocycles. The summed E-state index contributed by atoms with van der Waals surface area (Å²) in [5.74, 6) is 0.377. The Hall–Kier alpha value is -0.810. The lowest BCUT2D eigenvalue weighted by molar-refractivity contribution is 0.0607. The maximum absolute atomic E-state index is 12.4. The van der Waals surface area contributed by atoms with Crippen molar-refractivity contribution in [1.82, 2.24) is 4.90 Å². The van der Waals surface area contributed by atoms with Crippen molar-refractivity contribution in [2.24, 2.45) is 5.73 Å². The molecular formula is C13H19BrN2O2. The number of amides is 1. The molecule has 0 radical (unpaired) electrons. The number of carbonyl (C=O) groups is 1. The molecule has 1 amide bonds. The lowest BCUT2D eigenvalue weighted by atomic mass is 9.90. The molecule has 18 heavy (non-hydrogen) atoms. The summed E-state index contributed by atoms with van der Waals surface area (Å²) in [6.07, 6.45) is 3.97. The van der Waals surface area contributed by atoms with Crippen LogP contribution in [0.1, 0.15) is 43.2 Å². The van der Waals surface area contributed by atoms with Gasteiger partial charge in [-0.15, -0.1) is 0 Å². The summed E-state index contributed by atoms with van der Waals surface area (Å²) < 4.78 is 5.93. The Morgan fingerprint density at radius 1 is 1.44 bits per heavy atom. The molecule has 0 aromatic carbocycles. The second kappa shape index (κ2) is 5.89. The average molecular weight is 315 g/mol. The molecule has 0 bridgehead atoms. The fourth-order valence-electron chi connectivity index (χ4n) is 2.55. The number of nitrogens with two attached hydrogens (primary N) is 1. The monoisotopic (exact) mass is 314 g/mol. The SMILES string of the molecule is CCN(C(=O)c1ccc(Br)o1)C1CCC(N)CC1. The minimum atomic E-state index is -0.0244. The minimum Gasteiger partial charge on any atom is -0.444 e. The second-order valence-electron chi connectivity index (χ2n) is 4.76. The number of hydrogen-bond acceptors (Lipinski definition) is 3. The van der Waals surface area contributed by atoms with Crippen LogP contribution in [0.15, 0.2) is 21.2 Å². The van der Waals surface area contributed by atoms with Gasteiger partial charge in [-0.3, -0.25) is 4.79 Å². The smallest absolute Gasteiger partial charge is 0.289 e. The summed E-state index contributed by atoms with van der Waals surface area (Å²) in [6.45, 7) is 2.71. The van der Waals surface area contributed by atoms with Gasteiger partial charge in [-0.1, -0.05) is 0 Å². The van der Waals surface area contributed by atoms with Crippen molar-refractivity contribution < 1.29 is 9.21 Å². The van der Waals surface area contributed by atoms with E-state index in [4.69, 9.17) is 10.2 Å². The standard InChI is InChI=1S/C13H19BrN2O2/c1-2-16(10-5-3-9(15)4-6-10)13(17)11-7-8-12(14)18-11/h7-10H,2-6,15H2,1H3. The summed E-state index contributed by atoms with van der Waals surface area (Å²) in [7, 11) is 0. The van der Waals surface area contributed by atoms with Crippen LogP contribution in [0.25, 0.3) is 0 Å². The highest BCUT2D eigenvalue weighted by atomic mass is 79.9. The van der Waals surface area contributed by atoms with Crippen LogP contribution >= 0.6 is 15.9 Å². The van der Waals surface area contributed by atoms with Gasteiger partial charge in [0.2, 0.25) is 0 Å². The maximum Gasteiger partial charge on any atom is 0.289 e. The van der Waals surface area contributed by atoms with Gasteiger partial charge >= 0.3 is 0 Å². The van der Waals surface area contributed by atoms with Gasteiger partial charge in [-0.2, -0.15) is 0 Å². The quantitative estimate of drug-likeness (QED) is 0.933. The van der Waals surface area contributed by atoms with E-state index < -0.39 is 0 Å². The zero-order valence-corrected chi connectivity index (χ0v) is 12.1. The predicted octanol–water partition coefficient (Wildman–Crippen LogP) is 2.77. The molecular weight excluding hydrogens is 296 g/mol. The normalized spacial score (nSPS) is 23.9. The molecule has 1 aliphatic rings. The topological polar surface area (TPSA) is 59.5 Å². The Balaban J connectivity index is 2.06. The van der Waals surface area contributed by atoms with E-state index in [1.54, 1.807) is 12.1 Å². The summed E-state index contributed by atoms with van der Waals surface area (Å²) in [5.41, 5.74) is 5.90. The predicted molar refractivity (Wildman–Crippen MR) is 73.3 cm³/mol. The maximum atomic E-state index is 12.4. The van der Waals surface area contributed by atoms with E-state index in [-0.39, 0.29) is 5.91 Å². The zero-order chi connectivity index (χ0) is 13.1. The number of hydrogen-bond donors (Lipinski definition) is 1. The third kappa shape index (κ3) is 2.95. The third-order valence-electron chi connectivity index (χ3n) is 3.57. The molecule has 0 atom stereocenters. The first-order chi connectivity index (χ1) is 8.61. The Kier molecular flexibility index (Phi) is 4.45. The molecule has 1 aliphatic carbocycles. The van der Waals surface area contributed by atoms with Crippen LogP contribution in [0, 0.1) is 0 Å². The van der Waals surface area contributed by atoms with Crippen molar-refractivity contribution in [2.45, 2.75) is 44.7 Å². The number of nitrogens with zero attached hydrogens (tertiary/aromatic N) is 1. The summed E-state index contributed by atoms with van der Waals surface area (Å²) in [6, 6.07) is 4.06. The molecule has 0 spiro atoms. The molecule has 1 fully saturated rings. The van der Waals surface area contributed by atoms with E-state index in [9.17, 15) is 4.79 Å². The van der Waals surface area contributed by atoms with E-state index in [0.29, 0.717) is 29.1 Å². The van der Waals surface area contributed by atoms with Crippen LogP contribution in [0.4, 0.5) is 0 Å². The Morgan fingerprint density at radius 3 is 2.61 bits per heavy atom. The Morgan fingerprint density at radius 2 is 2.11 bits per heavy atom. The van der Waals surface area contributed by atoms with Crippen LogP contribution in [0.3, 0.4) is 0 Å². The van der Waals surface area contributed by atoms with Crippen LogP contribution in [0.2, 0.25) is 0 Å². The zero-order valence-electron chi connectivity index (χ0n) is 10.6. The molecule has 0 aliphatic heterocycles. The highest BCUT2D eigenvalue weighted by Crippen LogP contribution is 2.24. The molecule has 2 rings (SSSR count). The van der Waals surface area contributed by atoms with Crippen LogP contribution in [-0.2, 0) is 0 Å². The minimum absolute atomic E-state index is 0.0244. The van der Waals surface area contributed by atoms with Gasteiger partial charge in [0, 0.05) is 18.6 Å². The number of furan rings is 1. The molecule has 100 valence electrons. The Labute approximate surface area is 116 Å². The average Bonchev–Trinajstić information content (AvgIpc) is 2.79. The summed E-state index contributed by atoms with van der Waals surface area (Å²) in [5, 5.41) is 0. The molecule has 1 aromatic rings. The second-order valence-corrected chi connectivity index (χ2v) is 5.55. The molecule has 0 unspecified atom stereocenters. The van der Waals surface area contributed by atoms with E-state index in [1.165, 1.54) is 0 Å². The molecule has 2 N–H and O–H groups in total.